The maximum absolute atomic E-state index is 11.3. The Labute approximate surface area is 127 Å². The highest BCUT2D eigenvalue weighted by atomic mass is 16.5. The number of carbonyl (C=O) groups excluding carboxylic acids is 1. The third kappa shape index (κ3) is 2.66. The van der Waals surface area contributed by atoms with Crippen LogP contribution in [-0.2, 0) is 6.54 Å². The quantitative estimate of drug-likeness (QED) is 0.575. The van der Waals surface area contributed by atoms with E-state index in [1.54, 1.807) is 24.7 Å². The Bertz CT molecular complexity index is 806. The number of fused-ring (bicyclic) bond motifs is 1. The molecule has 0 aliphatic heterocycles. The molecule has 3 rings (SSSR count). The number of rotatable bonds is 4. The van der Waals surface area contributed by atoms with Crippen LogP contribution >= 0.6 is 0 Å². The van der Waals surface area contributed by atoms with Gasteiger partial charge in [0.1, 0.15) is 5.75 Å². The largest absolute Gasteiger partial charge is 0.497 e. The summed E-state index contributed by atoms with van der Waals surface area (Å²) in [5.74, 6) is 0.328. The van der Waals surface area contributed by atoms with Gasteiger partial charge in [-0.2, -0.15) is 0 Å². The molecule has 3 aromatic rings. The van der Waals surface area contributed by atoms with Crippen LogP contribution in [0.5, 0.6) is 5.75 Å². The molecule has 1 aromatic heterocycles. The summed E-state index contributed by atoms with van der Waals surface area (Å²) in [6.45, 7) is 0.705. The molecule has 1 heterocycles. The van der Waals surface area contributed by atoms with Gasteiger partial charge in [-0.1, -0.05) is 12.1 Å². The molecular weight excluding hydrogens is 280 g/mol. The Hall–Kier alpha value is -2.79. The van der Waals surface area contributed by atoms with Crippen LogP contribution in [0.2, 0.25) is 0 Å². The Balaban J connectivity index is 1.85. The van der Waals surface area contributed by atoms with Gasteiger partial charge in [0.2, 0.25) is 0 Å². The molecule has 0 unspecified atom stereocenters. The van der Waals surface area contributed by atoms with Crippen LogP contribution < -0.4 is 10.2 Å². The standard InChI is InChI=1S/C17H16N2O3/c1-22-15-6-7-16-14(10-15)8-9-19(16)11-12-2-4-13(5-3-12)17(20)18-21/h2-10,21H,11H2,1H3,(H,18,20). The summed E-state index contributed by atoms with van der Waals surface area (Å²) in [5, 5.41) is 9.73. The molecule has 0 aliphatic rings. The topological polar surface area (TPSA) is 63.5 Å². The molecule has 0 aliphatic carbocycles. The zero-order valence-corrected chi connectivity index (χ0v) is 12.1. The molecular formula is C17H16N2O3. The van der Waals surface area contributed by atoms with Gasteiger partial charge in [0.05, 0.1) is 7.11 Å². The van der Waals surface area contributed by atoms with Crippen molar-refractivity contribution in [1.82, 2.24) is 10.0 Å². The summed E-state index contributed by atoms with van der Waals surface area (Å²) in [6, 6.07) is 15.1. The van der Waals surface area contributed by atoms with E-state index in [1.165, 1.54) is 0 Å². The van der Waals surface area contributed by atoms with E-state index in [-0.39, 0.29) is 0 Å². The van der Waals surface area contributed by atoms with Gasteiger partial charge in [-0.05, 0) is 42.0 Å². The van der Waals surface area contributed by atoms with Crippen molar-refractivity contribution in [2.24, 2.45) is 0 Å². The monoisotopic (exact) mass is 296 g/mol. The number of hydroxylamine groups is 1. The van der Waals surface area contributed by atoms with Crippen molar-refractivity contribution >= 4 is 16.8 Å². The van der Waals surface area contributed by atoms with E-state index >= 15 is 0 Å². The maximum Gasteiger partial charge on any atom is 0.274 e. The number of benzene rings is 2. The van der Waals surface area contributed by atoms with Gasteiger partial charge in [-0.3, -0.25) is 10.0 Å². The maximum atomic E-state index is 11.3. The molecule has 22 heavy (non-hydrogen) atoms. The summed E-state index contributed by atoms with van der Waals surface area (Å²) in [6.07, 6.45) is 2.03. The predicted molar refractivity (Wildman–Crippen MR) is 83.3 cm³/mol. The smallest absolute Gasteiger partial charge is 0.274 e. The van der Waals surface area contributed by atoms with Gasteiger partial charge in [0.25, 0.3) is 5.91 Å². The molecule has 5 nitrogen and oxygen atoms in total. The van der Waals surface area contributed by atoms with E-state index in [1.807, 2.05) is 42.6 Å². The van der Waals surface area contributed by atoms with Gasteiger partial charge in [0, 0.05) is 29.2 Å². The lowest BCUT2D eigenvalue weighted by Crippen LogP contribution is -2.18. The third-order valence-electron chi connectivity index (χ3n) is 3.65. The highest BCUT2D eigenvalue weighted by Gasteiger charge is 2.06. The van der Waals surface area contributed by atoms with Crippen molar-refractivity contribution in [3.63, 3.8) is 0 Å². The normalized spacial score (nSPS) is 10.6. The fourth-order valence-electron chi connectivity index (χ4n) is 2.47. The zero-order chi connectivity index (χ0) is 15.5. The van der Waals surface area contributed by atoms with Gasteiger partial charge in [-0.25, -0.2) is 5.48 Å². The van der Waals surface area contributed by atoms with Crippen LogP contribution in [0.1, 0.15) is 15.9 Å². The number of hydrogen-bond donors (Lipinski definition) is 2. The number of methoxy groups -OCH3 is 1. The van der Waals surface area contributed by atoms with Crippen LogP contribution in [0.3, 0.4) is 0 Å². The summed E-state index contributed by atoms with van der Waals surface area (Å²) < 4.78 is 7.36. The van der Waals surface area contributed by atoms with Gasteiger partial charge in [-0.15, -0.1) is 0 Å². The van der Waals surface area contributed by atoms with Gasteiger partial charge < -0.3 is 9.30 Å². The van der Waals surface area contributed by atoms with Crippen molar-refractivity contribution < 1.29 is 14.7 Å². The number of nitrogens with zero attached hydrogens (tertiary/aromatic N) is 1. The minimum Gasteiger partial charge on any atom is -0.497 e. The fourth-order valence-corrected chi connectivity index (χ4v) is 2.47. The second-order valence-electron chi connectivity index (χ2n) is 5.01. The van der Waals surface area contributed by atoms with Crippen molar-refractivity contribution in [3.8, 4) is 5.75 Å². The second-order valence-corrected chi connectivity index (χ2v) is 5.01. The minimum absolute atomic E-state index is 0.424. The first-order valence-electron chi connectivity index (χ1n) is 6.87. The minimum atomic E-state index is -0.509. The molecule has 0 radical (unpaired) electrons. The van der Waals surface area contributed by atoms with Gasteiger partial charge in [0.15, 0.2) is 0 Å². The van der Waals surface area contributed by atoms with Crippen LogP contribution in [0.4, 0.5) is 0 Å². The van der Waals surface area contributed by atoms with E-state index in [9.17, 15) is 4.79 Å². The number of hydrogen-bond acceptors (Lipinski definition) is 3. The number of aromatic nitrogens is 1. The average Bonchev–Trinajstić information content (AvgIpc) is 2.97. The van der Waals surface area contributed by atoms with Crippen molar-refractivity contribution in [2.45, 2.75) is 6.54 Å². The Morgan fingerprint density at radius 2 is 1.95 bits per heavy atom. The van der Waals surface area contributed by atoms with Crippen LogP contribution in [0, 0.1) is 0 Å². The molecule has 112 valence electrons. The molecule has 0 saturated carbocycles. The van der Waals surface area contributed by atoms with E-state index in [0.29, 0.717) is 12.1 Å². The Morgan fingerprint density at radius 3 is 2.64 bits per heavy atom. The lowest BCUT2D eigenvalue weighted by Gasteiger charge is -2.07. The summed E-state index contributed by atoms with van der Waals surface area (Å²) in [7, 11) is 1.66. The summed E-state index contributed by atoms with van der Waals surface area (Å²) in [5.41, 5.74) is 4.24. The third-order valence-corrected chi connectivity index (χ3v) is 3.65. The van der Waals surface area contributed by atoms with Crippen LogP contribution in [0.25, 0.3) is 10.9 Å². The van der Waals surface area contributed by atoms with Crippen molar-refractivity contribution in [3.05, 3.63) is 65.9 Å². The zero-order valence-electron chi connectivity index (χ0n) is 12.1. The first-order valence-corrected chi connectivity index (χ1v) is 6.87. The summed E-state index contributed by atoms with van der Waals surface area (Å²) in [4.78, 5) is 11.3. The summed E-state index contributed by atoms with van der Waals surface area (Å²) >= 11 is 0. The fraction of sp³-hybridized carbons (Fsp3) is 0.118. The highest BCUT2D eigenvalue weighted by Crippen LogP contribution is 2.22. The predicted octanol–water partition coefficient (Wildman–Crippen LogP) is 2.82. The number of nitrogens with one attached hydrogen (secondary N) is 1. The first kappa shape index (κ1) is 14.2. The van der Waals surface area contributed by atoms with Crippen molar-refractivity contribution in [1.29, 1.82) is 0 Å². The lowest BCUT2D eigenvalue weighted by atomic mass is 10.1. The number of ether oxygens (including phenoxy) is 1. The number of carbonyl (C=O) groups is 1. The van der Waals surface area contributed by atoms with Crippen LogP contribution in [0.15, 0.2) is 54.7 Å². The van der Waals surface area contributed by atoms with Crippen LogP contribution in [-0.4, -0.2) is 22.8 Å². The molecule has 0 bridgehead atoms. The molecule has 0 saturated heterocycles. The van der Waals surface area contributed by atoms with E-state index < -0.39 is 5.91 Å². The lowest BCUT2D eigenvalue weighted by molar-refractivity contribution is 0.0706. The second kappa shape index (κ2) is 5.91. The molecule has 0 spiro atoms. The molecule has 0 fully saturated rings. The first-order chi connectivity index (χ1) is 10.7. The highest BCUT2D eigenvalue weighted by molar-refractivity contribution is 5.93. The van der Waals surface area contributed by atoms with E-state index in [2.05, 4.69) is 4.57 Å². The Morgan fingerprint density at radius 1 is 1.18 bits per heavy atom. The number of amides is 1. The van der Waals surface area contributed by atoms with E-state index in [4.69, 9.17) is 9.94 Å². The SMILES string of the molecule is COc1ccc2c(ccn2Cc2ccc(C(=O)NO)cc2)c1. The van der Waals surface area contributed by atoms with Crippen molar-refractivity contribution in [2.75, 3.05) is 7.11 Å². The average molecular weight is 296 g/mol. The van der Waals surface area contributed by atoms with Gasteiger partial charge >= 0.3 is 0 Å². The van der Waals surface area contributed by atoms with E-state index in [0.717, 1.165) is 22.2 Å². The molecule has 2 N–H and O–H groups in total. The molecule has 5 heteroatoms. The molecule has 0 atom stereocenters. The Kier molecular flexibility index (Phi) is 3.80. The molecule has 1 amide bonds. The molecule has 2 aromatic carbocycles.